The maximum absolute atomic E-state index is 10.6. The minimum absolute atomic E-state index is 0.300. The van der Waals surface area contributed by atoms with Crippen molar-refractivity contribution < 1.29 is 9.90 Å². The monoisotopic (exact) mass is 290 g/mol. The van der Waals surface area contributed by atoms with Crippen molar-refractivity contribution in [3.05, 3.63) is 24.3 Å². The Balaban J connectivity index is 1.65. The van der Waals surface area contributed by atoms with Gasteiger partial charge in [-0.2, -0.15) is 4.37 Å². The summed E-state index contributed by atoms with van der Waals surface area (Å²) in [5.74, 6) is -0.123. The van der Waals surface area contributed by atoms with Crippen LogP contribution < -0.4 is 4.90 Å². The van der Waals surface area contributed by atoms with Crippen molar-refractivity contribution in [2.24, 2.45) is 5.92 Å². The Morgan fingerprint density at radius 1 is 1.35 bits per heavy atom. The van der Waals surface area contributed by atoms with Gasteiger partial charge >= 0.3 is 5.97 Å². The van der Waals surface area contributed by atoms with Gasteiger partial charge in [-0.3, -0.25) is 4.79 Å². The van der Waals surface area contributed by atoms with E-state index in [0.717, 1.165) is 37.9 Å². The zero-order valence-electron chi connectivity index (χ0n) is 11.3. The van der Waals surface area contributed by atoms with Gasteiger partial charge < -0.3 is 10.0 Å². The molecule has 0 aliphatic carbocycles. The average Bonchev–Trinajstić information content (AvgIpc) is 2.89. The van der Waals surface area contributed by atoms with Crippen molar-refractivity contribution in [1.82, 2.24) is 4.37 Å². The summed E-state index contributed by atoms with van der Waals surface area (Å²) in [6, 6.07) is 8.25. The molecule has 0 saturated carbocycles. The highest BCUT2D eigenvalue weighted by Crippen LogP contribution is 2.34. The Hall–Kier alpha value is -1.62. The van der Waals surface area contributed by atoms with Gasteiger partial charge in [0.05, 0.1) is 5.52 Å². The van der Waals surface area contributed by atoms with Crippen molar-refractivity contribution in [2.75, 3.05) is 18.0 Å². The molecule has 1 saturated heterocycles. The van der Waals surface area contributed by atoms with Crippen LogP contribution in [0.1, 0.15) is 25.7 Å². The molecule has 1 fully saturated rings. The Morgan fingerprint density at radius 3 is 2.85 bits per heavy atom. The lowest BCUT2D eigenvalue weighted by atomic mass is 9.92. The van der Waals surface area contributed by atoms with Crippen molar-refractivity contribution >= 4 is 33.4 Å². The number of nitrogens with zero attached hydrogens (tertiary/aromatic N) is 2. The number of carboxylic acids is 1. The quantitative estimate of drug-likeness (QED) is 0.938. The van der Waals surface area contributed by atoms with Crippen molar-refractivity contribution in [1.29, 1.82) is 0 Å². The van der Waals surface area contributed by atoms with Gasteiger partial charge in [-0.25, -0.2) is 0 Å². The molecule has 2 heterocycles. The van der Waals surface area contributed by atoms with Crippen LogP contribution in [0.15, 0.2) is 24.3 Å². The molecule has 1 aliphatic rings. The molecule has 0 unspecified atom stereocenters. The molecule has 2 aromatic rings. The molecule has 20 heavy (non-hydrogen) atoms. The fraction of sp³-hybridized carbons (Fsp3) is 0.467. The van der Waals surface area contributed by atoms with Gasteiger partial charge in [-0.1, -0.05) is 12.1 Å². The molecule has 3 rings (SSSR count). The first kappa shape index (κ1) is 13.4. The smallest absolute Gasteiger partial charge is 0.303 e. The number of rotatable bonds is 4. The maximum Gasteiger partial charge on any atom is 0.303 e. The average molecular weight is 290 g/mol. The lowest BCUT2D eigenvalue weighted by molar-refractivity contribution is -0.137. The minimum Gasteiger partial charge on any atom is -0.481 e. The van der Waals surface area contributed by atoms with E-state index in [1.165, 1.54) is 10.4 Å². The number of aliphatic carboxylic acids is 1. The van der Waals surface area contributed by atoms with Crippen LogP contribution in [0.3, 0.4) is 0 Å². The number of carbonyl (C=O) groups is 1. The van der Waals surface area contributed by atoms with E-state index >= 15 is 0 Å². The van der Waals surface area contributed by atoms with Crippen molar-refractivity contribution in [3.63, 3.8) is 0 Å². The normalized spacial score (nSPS) is 16.7. The van der Waals surface area contributed by atoms with Gasteiger partial charge in [0, 0.05) is 24.9 Å². The molecule has 4 nitrogen and oxygen atoms in total. The number of piperidine rings is 1. The third-order valence-electron chi connectivity index (χ3n) is 4.03. The number of anilines is 1. The van der Waals surface area contributed by atoms with E-state index in [9.17, 15) is 4.79 Å². The van der Waals surface area contributed by atoms with Crippen molar-refractivity contribution in [2.45, 2.75) is 25.7 Å². The minimum atomic E-state index is -0.680. The number of benzene rings is 1. The topological polar surface area (TPSA) is 53.4 Å². The Morgan fingerprint density at radius 2 is 2.10 bits per heavy atom. The molecule has 0 atom stereocenters. The summed E-state index contributed by atoms with van der Waals surface area (Å²) in [5, 5.41) is 11.2. The van der Waals surface area contributed by atoms with Gasteiger partial charge in [-0.15, -0.1) is 0 Å². The molecule has 0 radical (unpaired) electrons. The van der Waals surface area contributed by atoms with Crippen LogP contribution in [-0.2, 0) is 4.79 Å². The largest absolute Gasteiger partial charge is 0.481 e. The Bertz CT molecular complexity index is 603. The second kappa shape index (κ2) is 5.79. The standard InChI is InChI=1S/C15H18N2O2S/c18-14(19)6-5-11-7-9-17(10-8-11)15-12-3-1-2-4-13(12)16-20-15/h1-4,11H,5-10H2,(H,18,19). The SMILES string of the molecule is O=C(O)CCC1CCN(c2snc3ccccc23)CC1. The summed E-state index contributed by atoms with van der Waals surface area (Å²) < 4.78 is 4.49. The van der Waals surface area contributed by atoms with Gasteiger partial charge in [-0.05, 0) is 48.8 Å². The van der Waals surface area contributed by atoms with E-state index < -0.39 is 5.97 Å². The summed E-state index contributed by atoms with van der Waals surface area (Å²) >= 11 is 1.57. The number of hydrogen-bond donors (Lipinski definition) is 1. The second-order valence-corrected chi connectivity index (χ2v) is 6.12. The van der Waals surface area contributed by atoms with E-state index in [2.05, 4.69) is 27.5 Å². The molecular formula is C15H18N2O2S. The summed E-state index contributed by atoms with van der Waals surface area (Å²) in [4.78, 5) is 13.0. The first-order valence-corrected chi connectivity index (χ1v) is 7.82. The molecule has 1 N–H and O–H groups in total. The number of aromatic nitrogens is 1. The fourth-order valence-electron chi connectivity index (χ4n) is 2.86. The van der Waals surface area contributed by atoms with E-state index in [4.69, 9.17) is 5.11 Å². The molecular weight excluding hydrogens is 272 g/mol. The summed E-state index contributed by atoms with van der Waals surface area (Å²) in [5.41, 5.74) is 1.07. The highest BCUT2D eigenvalue weighted by Gasteiger charge is 2.22. The van der Waals surface area contributed by atoms with Crippen LogP contribution in [0.2, 0.25) is 0 Å². The molecule has 0 bridgehead atoms. The fourth-order valence-corrected chi connectivity index (χ4v) is 3.77. The molecule has 1 aliphatic heterocycles. The van der Waals surface area contributed by atoms with Crippen molar-refractivity contribution in [3.8, 4) is 0 Å². The summed E-state index contributed by atoms with van der Waals surface area (Å²) in [6.45, 7) is 2.02. The molecule has 1 aromatic carbocycles. The lowest BCUT2D eigenvalue weighted by Crippen LogP contribution is -2.33. The zero-order valence-corrected chi connectivity index (χ0v) is 12.1. The second-order valence-electron chi connectivity index (χ2n) is 5.37. The van der Waals surface area contributed by atoms with Crippen LogP contribution in [-0.4, -0.2) is 28.5 Å². The maximum atomic E-state index is 10.6. The number of hydrogen-bond acceptors (Lipinski definition) is 4. The van der Waals surface area contributed by atoms with Crippen LogP contribution >= 0.6 is 11.5 Å². The zero-order chi connectivity index (χ0) is 13.9. The Labute approximate surface area is 122 Å². The van der Waals surface area contributed by atoms with Gasteiger partial charge in [0.1, 0.15) is 5.00 Å². The van der Waals surface area contributed by atoms with E-state index in [0.29, 0.717) is 12.3 Å². The molecule has 0 spiro atoms. The van der Waals surface area contributed by atoms with Crippen LogP contribution in [0.25, 0.3) is 10.9 Å². The summed E-state index contributed by atoms with van der Waals surface area (Å²) in [7, 11) is 0. The third-order valence-corrected chi connectivity index (χ3v) is 4.97. The van der Waals surface area contributed by atoms with Crippen LogP contribution in [0.5, 0.6) is 0 Å². The number of fused-ring (bicyclic) bond motifs is 1. The molecule has 106 valence electrons. The number of carboxylic acid groups (broad SMARTS) is 1. The summed E-state index contributed by atoms with van der Waals surface area (Å²) in [6.07, 6.45) is 3.28. The van der Waals surface area contributed by atoms with Gasteiger partial charge in [0.2, 0.25) is 0 Å². The first-order valence-electron chi connectivity index (χ1n) is 7.05. The van der Waals surface area contributed by atoms with Gasteiger partial charge in [0.15, 0.2) is 0 Å². The molecule has 5 heteroatoms. The Kier molecular flexibility index (Phi) is 3.87. The lowest BCUT2D eigenvalue weighted by Gasteiger charge is -2.32. The van der Waals surface area contributed by atoms with E-state index in [-0.39, 0.29) is 0 Å². The van der Waals surface area contributed by atoms with E-state index in [1.807, 2.05) is 6.07 Å². The predicted molar refractivity (Wildman–Crippen MR) is 81.4 cm³/mol. The molecule has 1 aromatic heterocycles. The van der Waals surface area contributed by atoms with Crippen LogP contribution in [0.4, 0.5) is 5.00 Å². The van der Waals surface area contributed by atoms with Gasteiger partial charge in [0.25, 0.3) is 0 Å². The highest BCUT2D eigenvalue weighted by molar-refractivity contribution is 7.11. The molecule has 0 amide bonds. The van der Waals surface area contributed by atoms with E-state index in [1.54, 1.807) is 11.5 Å². The third kappa shape index (κ3) is 2.77. The van der Waals surface area contributed by atoms with Crippen LogP contribution in [0, 0.1) is 5.92 Å². The predicted octanol–water partition coefficient (Wildman–Crippen LogP) is 3.38. The highest BCUT2D eigenvalue weighted by atomic mass is 32.1. The first-order chi connectivity index (χ1) is 9.74.